The Hall–Kier alpha value is -5.05. The van der Waals surface area contributed by atoms with Crippen LogP contribution in [0.15, 0.2) is 73.7 Å². The van der Waals surface area contributed by atoms with Gasteiger partial charge in [0.1, 0.15) is 11.6 Å². The number of aromatic hydroxyl groups is 1. The van der Waals surface area contributed by atoms with Crippen molar-refractivity contribution in [3.05, 3.63) is 96.4 Å². The highest BCUT2D eigenvalue weighted by Crippen LogP contribution is 2.35. The number of anilines is 1. The van der Waals surface area contributed by atoms with Crippen LogP contribution in [0.3, 0.4) is 0 Å². The molecule has 0 unspecified atom stereocenters. The van der Waals surface area contributed by atoms with Crippen LogP contribution in [-0.4, -0.2) is 36.2 Å². The van der Waals surface area contributed by atoms with Gasteiger partial charge in [-0.1, -0.05) is 39.5 Å². The minimum atomic E-state index is -0.537. The van der Waals surface area contributed by atoms with Crippen LogP contribution in [0.1, 0.15) is 37.6 Å². The van der Waals surface area contributed by atoms with E-state index in [-0.39, 0.29) is 11.7 Å². The lowest BCUT2D eigenvalue weighted by molar-refractivity contribution is -0.123. The van der Waals surface area contributed by atoms with E-state index in [0.29, 0.717) is 22.5 Å². The lowest BCUT2D eigenvalue weighted by atomic mass is 9.95. The van der Waals surface area contributed by atoms with Gasteiger partial charge in [0.05, 0.1) is 23.3 Å². The maximum absolute atomic E-state index is 14.1. The van der Waals surface area contributed by atoms with E-state index in [1.807, 2.05) is 45.9 Å². The molecule has 5 rings (SSSR count). The number of fused-ring (bicyclic) bond motifs is 1. The Bertz CT molecular complexity index is 1770. The van der Waals surface area contributed by atoms with Crippen molar-refractivity contribution < 1.29 is 14.3 Å². The number of hydrogen-bond acceptors (Lipinski definition) is 5. The Kier molecular flexibility index (Phi) is 6.81. The predicted molar refractivity (Wildman–Crippen MR) is 155 cm³/mol. The molecule has 8 nitrogen and oxygen atoms in total. The maximum Gasteiger partial charge on any atom is 0.229 e. The number of benzene rings is 1. The van der Waals surface area contributed by atoms with Crippen LogP contribution in [0.2, 0.25) is 0 Å². The van der Waals surface area contributed by atoms with E-state index in [2.05, 4.69) is 37.0 Å². The first kappa shape index (κ1) is 26.6. The van der Waals surface area contributed by atoms with Crippen LogP contribution in [0, 0.1) is 18.2 Å². The highest BCUT2D eigenvalue weighted by Gasteiger charge is 2.22. The topological polar surface area (TPSA) is 120 Å². The molecule has 0 spiro atoms. The highest BCUT2D eigenvalue weighted by molar-refractivity contribution is 5.96. The molecular formula is C31H29FN6O2. The smallest absolute Gasteiger partial charge is 0.229 e. The van der Waals surface area contributed by atoms with Gasteiger partial charge in [-0.3, -0.25) is 14.9 Å². The molecule has 202 valence electrons. The molecule has 1 amide bonds. The van der Waals surface area contributed by atoms with Crippen LogP contribution in [0.4, 0.5) is 10.1 Å². The zero-order chi connectivity index (χ0) is 28.6. The molecule has 0 atom stereocenters. The second-order valence-electron chi connectivity index (χ2n) is 10.6. The van der Waals surface area contributed by atoms with E-state index in [1.165, 1.54) is 12.1 Å². The van der Waals surface area contributed by atoms with Gasteiger partial charge in [0, 0.05) is 51.6 Å². The second kappa shape index (κ2) is 10.3. The van der Waals surface area contributed by atoms with Gasteiger partial charge in [-0.2, -0.15) is 5.10 Å². The lowest BCUT2D eigenvalue weighted by Gasteiger charge is -2.17. The van der Waals surface area contributed by atoms with Crippen molar-refractivity contribution in [1.82, 2.24) is 25.1 Å². The van der Waals surface area contributed by atoms with Gasteiger partial charge in [-0.25, -0.2) is 9.37 Å². The summed E-state index contributed by atoms with van der Waals surface area (Å²) in [6.45, 7) is 11.3. The minimum absolute atomic E-state index is 0.103. The molecule has 5 aromatic rings. The zero-order valence-electron chi connectivity index (χ0n) is 22.6. The van der Waals surface area contributed by atoms with Crippen molar-refractivity contribution in [3.63, 3.8) is 0 Å². The van der Waals surface area contributed by atoms with Crippen molar-refractivity contribution >= 4 is 28.2 Å². The fraction of sp³-hybridized carbons (Fsp3) is 0.161. The normalized spacial score (nSPS) is 12.1. The van der Waals surface area contributed by atoms with Crippen LogP contribution < -0.4 is 5.32 Å². The predicted octanol–water partition coefficient (Wildman–Crippen LogP) is 6.77. The van der Waals surface area contributed by atoms with Gasteiger partial charge >= 0.3 is 0 Å². The van der Waals surface area contributed by atoms with Crippen LogP contribution in [0.5, 0.6) is 5.75 Å². The number of amides is 1. The monoisotopic (exact) mass is 536 g/mol. The average Bonchev–Trinajstić information content (AvgIpc) is 3.49. The summed E-state index contributed by atoms with van der Waals surface area (Å²) in [5.41, 5.74) is 6.56. The number of hydrogen-bond donors (Lipinski definition) is 4. The summed E-state index contributed by atoms with van der Waals surface area (Å²) in [4.78, 5) is 24.7. The zero-order valence-corrected chi connectivity index (χ0v) is 22.6. The summed E-state index contributed by atoms with van der Waals surface area (Å²) in [6, 6.07) is 9.71. The van der Waals surface area contributed by atoms with E-state index >= 15 is 0 Å². The summed E-state index contributed by atoms with van der Waals surface area (Å²) < 4.78 is 14.1. The summed E-state index contributed by atoms with van der Waals surface area (Å²) >= 11 is 0. The number of pyridine rings is 2. The van der Waals surface area contributed by atoms with Gasteiger partial charge in [-0.15, -0.1) is 0 Å². The van der Waals surface area contributed by atoms with Gasteiger partial charge in [0.25, 0.3) is 0 Å². The molecule has 1 aromatic carbocycles. The number of phenolic OH excluding ortho intramolecular Hbond substituents is 1. The minimum Gasteiger partial charge on any atom is -0.508 e. The molecule has 0 aliphatic carbocycles. The number of H-pyrrole nitrogens is 2. The number of phenols is 1. The molecule has 0 radical (unpaired) electrons. The van der Waals surface area contributed by atoms with Crippen LogP contribution >= 0.6 is 0 Å². The third-order valence-corrected chi connectivity index (χ3v) is 6.47. The summed E-state index contributed by atoms with van der Waals surface area (Å²) in [5, 5.41) is 21.1. The Morgan fingerprint density at radius 1 is 1.07 bits per heavy atom. The van der Waals surface area contributed by atoms with Crippen molar-refractivity contribution in [1.29, 1.82) is 0 Å². The number of carbonyl (C=O) groups excluding carboxylic acids is 1. The van der Waals surface area contributed by atoms with Crippen LogP contribution in [0.25, 0.3) is 39.1 Å². The molecule has 0 aliphatic heterocycles. The molecule has 0 saturated heterocycles. The molecule has 4 aromatic heterocycles. The number of aromatic nitrogens is 5. The van der Waals surface area contributed by atoms with Crippen molar-refractivity contribution in [2.45, 2.75) is 27.7 Å². The average molecular weight is 537 g/mol. The summed E-state index contributed by atoms with van der Waals surface area (Å²) in [6.07, 6.45) is 8.44. The van der Waals surface area contributed by atoms with E-state index in [1.54, 1.807) is 30.7 Å². The number of aryl methyl sites for hydroxylation is 1. The summed E-state index contributed by atoms with van der Waals surface area (Å²) in [7, 11) is 0. The molecule has 4 heterocycles. The van der Waals surface area contributed by atoms with Crippen molar-refractivity contribution in [2.75, 3.05) is 5.32 Å². The quantitative estimate of drug-likeness (QED) is 0.179. The van der Waals surface area contributed by atoms with Gasteiger partial charge in [0.15, 0.2) is 5.65 Å². The molecule has 0 bridgehead atoms. The molecule has 0 aliphatic rings. The SMILES string of the molecule is C=C/C=C(/c1cc(O)cc(F)c1)c1cc(-c2[nH]nc3ncc(-c4cncc(NC(=O)C(C)(C)C)c4)cc23)[nH]c1C. The Morgan fingerprint density at radius 2 is 1.85 bits per heavy atom. The second-order valence-corrected chi connectivity index (χ2v) is 10.6. The molecule has 0 saturated carbocycles. The number of nitrogens with one attached hydrogen (secondary N) is 3. The first-order chi connectivity index (χ1) is 19.0. The van der Waals surface area contributed by atoms with E-state index < -0.39 is 11.2 Å². The third-order valence-electron chi connectivity index (χ3n) is 6.47. The van der Waals surface area contributed by atoms with Gasteiger partial charge in [-0.05, 0) is 48.4 Å². The fourth-order valence-corrected chi connectivity index (χ4v) is 4.41. The molecule has 4 N–H and O–H groups in total. The fourth-order valence-electron chi connectivity index (χ4n) is 4.41. The Balaban J connectivity index is 1.54. The van der Waals surface area contributed by atoms with Crippen molar-refractivity contribution in [3.8, 4) is 28.3 Å². The first-order valence-corrected chi connectivity index (χ1v) is 12.7. The maximum atomic E-state index is 14.1. The molecule has 40 heavy (non-hydrogen) atoms. The summed E-state index contributed by atoms with van der Waals surface area (Å²) in [5.74, 6) is -0.797. The lowest BCUT2D eigenvalue weighted by Crippen LogP contribution is -2.27. The van der Waals surface area contributed by atoms with Gasteiger partial charge < -0.3 is 15.4 Å². The number of carbonyl (C=O) groups is 1. The number of nitrogens with zero attached hydrogens (tertiary/aromatic N) is 3. The Morgan fingerprint density at radius 3 is 2.58 bits per heavy atom. The largest absolute Gasteiger partial charge is 0.508 e. The van der Waals surface area contributed by atoms with Crippen molar-refractivity contribution in [2.24, 2.45) is 5.41 Å². The van der Waals surface area contributed by atoms with Crippen LogP contribution in [-0.2, 0) is 4.79 Å². The number of halogens is 1. The highest BCUT2D eigenvalue weighted by atomic mass is 19.1. The van der Waals surface area contributed by atoms with E-state index in [9.17, 15) is 14.3 Å². The Labute approximate surface area is 230 Å². The standard InChI is InChI=1S/C31H29FN6O2/c1-6-7-24(18-8-21(32)12-23(39)10-18)25-13-27(35-17(25)2)28-26-11-20(15-34-29(26)38-37-28)19-9-22(16-33-14-19)36-30(40)31(3,4)5/h6-16,35,39H,1H2,2-5H3,(H,36,40)(H,34,37,38)/b24-7-. The third kappa shape index (κ3) is 5.26. The number of rotatable bonds is 6. The van der Waals surface area contributed by atoms with Gasteiger partial charge in [0.2, 0.25) is 5.91 Å². The first-order valence-electron chi connectivity index (χ1n) is 12.7. The number of allylic oxidation sites excluding steroid dienone is 2. The van der Waals surface area contributed by atoms with E-state index in [0.717, 1.165) is 45.2 Å². The van der Waals surface area contributed by atoms with E-state index in [4.69, 9.17) is 0 Å². The number of aromatic amines is 2. The molecule has 9 heteroatoms. The molecule has 0 fully saturated rings. The molecular weight excluding hydrogens is 507 g/mol.